The number of aliphatic hydroxyl groups excluding tert-OH is 4. The average molecular weight is 662 g/mol. The third-order valence-electron chi connectivity index (χ3n) is 8.83. The largest absolute Gasteiger partial charge is 0.497 e. The molecule has 262 valence electrons. The van der Waals surface area contributed by atoms with Crippen LogP contribution >= 0.6 is 0 Å². The number of rotatable bonds is 16. The molecule has 1 fully saturated rings. The van der Waals surface area contributed by atoms with Crippen LogP contribution < -0.4 is 21.5 Å². The monoisotopic (exact) mass is 661 g/mol. The maximum absolute atomic E-state index is 15.3. The van der Waals surface area contributed by atoms with Crippen molar-refractivity contribution in [2.75, 3.05) is 13.7 Å². The van der Waals surface area contributed by atoms with E-state index >= 15 is 4.79 Å². The van der Waals surface area contributed by atoms with Crippen molar-refractivity contribution in [3.63, 3.8) is 0 Å². The molecular weight excluding hydrogens is 610 g/mol. The lowest BCUT2D eigenvalue weighted by atomic mass is 9.56. The second-order valence-corrected chi connectivity index (χ2v) is 13.3. The summed E-state index contributed by atoms with van der Waals surface area (Å²) in [6.45, 7) is 4.08. The van der Waals surface area contributed by atoms with Crippen LogP contribution in [0.25, 0.3) is 0 Å². The van der Waals surface area contributed by atoms with Crippen molar-refractivity contribution in [1.82, 2.24) is 15.3 Å². The molecule has 2 aromatic rings. The Hall–Kier alpha value is -3.40. The van der Waals surface area contributed by atoms with Crippen LogP contribution in [0.4, 0.5) is 4.79 Å². The smallest absolute Gasteiger partial charge is 0.408 e. The Morgan fingerprint density at radius 3 is 2.17 bits per heavy atom. The summed E-state index contributed by atoms with van der Waals surface area (Å²) in [7, 11) is 1.51. The highest BCUT2D eigenvalue weighted by Gasteiger charge is 2.61. The minimum absolute atomic E-state index is 0.0478. The van der Waals surface area contributed by atoms with Gasteiger partial charge in [0.05, 0.1) is 44.3 Å². The fourth-order valence-corrected chi connectivity index (χ4v) is 6.48. The van der Waals surface area contributed by atoms with Crippen molar-refractivity contribution in [2.24, 2.45) is 22.8 Å². The van der Waals surface area contributed by atoms with Crippen LogP contribution in [0.5, 0.6) is 5.75 Å². The molecule has 14 heteroatoms. The molecular formula is C33H51N5O9. The molecule has 0 saturated heterocycles. The van der Waals surface area contributed by atoms with Crippen molar-refractivity contribution in [3.8, 4) is 5.75 Å². The van der Waals surface area contributed by atoms with Gasteiger partial charge in [-0.3, -0.25) is 9.59 Å². The fraction of sp³-hybridized carbons (Fsp3) is 0.636. The Kier molecular flexibility index (Phi) is 13.5. The van der Waals surface area contributed by atoms with Crippen LogP contribution in [-0.4, -0.2) is 104 Å². The van der Waals surface area contributed by atoms with E-state index in [1.807, 2.05) is 0 Å². The van der Waals surface area contributed by atoms with E-state index < -0.39 is 77.6 Å². The predicted molar refractivity (Wildman–Crippen MR) is 172 cm³/mol. The molecule has 1 aromatic carbocycles. The molecule has 14 nitrogen and oxygen atoms in total. The first-order chi connectivity index (χ1) is 22.1. The lowest BCUT2D eigenvalue weighted by Gasteiger charge is -2.48. The lowest BCUT2D eigenvalue weighted by molar-refractivity contribution is -0.158. The highest BCUT2D eigenvalue weighted by molar-refractivity contribution is 6.13. The number of aromatic amines is 1. The van der Waals surface area contributed by atoms with Crippen molar-refractivity contribution < 1.29 is 44.3 Å². The number of carbonyl (C=O) groups is 3. The van der Waals surface area contributed by atoms with E-state index in [0.29, 0.717) is 42.7 Å². The van der Waals surface area contributed by atoms with Crippen LogP contribution in [0.3, 0.4) is 0 Å². The van der Waals surface area contributed by atoms with E-state index in [0.717, 1.165) is 6.42 Å². The van der Waals surface area contributed by atoms with Gasteiger partial charge in [-0.15, -0.1) is 0 Å². The summed E-state index contributed by atoms with van der Waals surface area (Å²) in [6.07, 6.45) is -1.15. The lowest BCUT2D eigenvalue weighted by Crippen LogP contribution is -2.70. The highest BCUT2D eigenvalue weighted by Crippen LogP contribution is 2.45. The van der Waals surface area contributed by atoms with Gasteiger partial charge in [-0.1, -0.05) is 31.4 Å². The van der Waals surface area contributed by atoms with E-state index in [-0.39, 0.29) is 12.8 Å². The molecule has 1 amide bonds. The SMILES string of the molecule is COc1ccc(C[C@H](NC(=O)OC(C)(C)C)C(=O)C(C(=O)C(N)Cc2cnc[nH]2)(C2CCCCC2)[C@H](N)[C@@H](O)[C@@H](O)[C@H](O)CO)cc1. The summed E-state index contributed by atoms with van der Waals surface area (Å²) < 4.78 is 10.8. The second-order valence-electron chi connectivity index (χ2n) is 13.3. The minimum atomic E-state index is -2.25. The van der Waals surface area contributed by atoms with Gasteiger partial charge in [0.25, 0.3) is 0 Å². The van der Waals surface area contributed by atoms with Gasteiger partial charge in [-0.25, -0.2) is 9.78 Å². The number of nitrogens with two attached hydrogens (primary N) is 2. The van der Waals surface area contributed by atoms with Crippen molar-refractivity contribution in [2.45, 2.75) is 108 Å². The summed E-state index contributed by atoms with van der Waals surface area (Å²) >= 11 is 0. The number of ketones is 2. The number of nitrogens with one attached hydrogen (secondary N) is 2. The quantitative estimate of drug-likeness (QED) is 0.115. The molecule has 2 unspecified atom stereocenters. The minimum Gasteiger partial charge on any atom is -0.497 e. The van der Waals surface area contributed by atoms with Crippen molar-refractivity contribution in [3.05, 3.63) is 48.0 Å². The normalized spacial score (nSPS) is 19.4. The number of imidazole rings is 1. The Morgan fingerprint density at radius 2 is 1.64 bits per heavy atom. The molecule has 1 saturated carbocycles. The zero-order valence-electron chi connectivity index (χ0n) is 27.6. The number of nitrogens with zero attached hydrogens (tertiary/aromatic N) is 1. The number of ether oxygens (including phenoxy) is 2. The molecule has 1 aromatic heterocycles. The van der Waals surface area contributed by atoms with Crippen LogP contribution in [-0.2, 0) is 27.2 Å². The van der Waals surface area contributed by atoms with Gasteiger partial charge in [0.15, 0.2) is 11.6 Å². The summed E-state index contributed by atoms with van der Waals surface area (Å²) in [5, 5.41) is 44.7. The Morgan fingerprint density at radius 1 is 1.00 bits per heavy atom. The summed E-state index contributed by atoms with van der Waals surface area (Å²) in [6, 6.07) is 2.27. The van der Waals surface area contributed by atoms with Crippen LogP contribution in [0.2, 0.25) is 0 Å². The van der Waals surface area contributed by atoms with E-state index in [2.05, 4.69) is 15.3 Å². The van der Waals surface area contributed by atoms with Gasteiger partial charge >= 0.3 is 6.09 Å². The van der Waals surface area contributed by atoms with E-state index in [1.54, 1.807) is 45.0 Å². The Balaban J connectivity index is 2.23. The second kappa shape index (κ2) is 16.6. The molecule has 0 bridgehead atoms. The standard InChI is InChI=1S/C33H51N5O9/c1-32(2,3)47-31(45)38-24(14-19-10-12-22(46-4)13-11-19)30(44)33(20-8-6-5-7-9-20,28(35)27(42)26(41)25(40)17-39)29(43)23(34)15-21-16-36-18-37-21/h10-13,16,18,20,23-28,39-42H,5-9,14-15,17,34-35H2,1-4H3,(H,36,37)(H,38,45)/t23?,24-,25+,26-,27-,28+,33?/m0/s1. The zero-order valence-corrected chi connectivity index (χ0v) is 27.6. The number of carbonyl (C=O) groups excluding carboxylic acids is 3. The molecule has 0 spiro atoms. The van der Waals surface area contributed by atoms with Gasteiger partial charge in [0.1, 0.15) is 29.0 Å². The third-order valence-corrected chi connectivity index (χ3v) is 8.83. The van der Waals surface area contributed by atoms with Crippen molar-refractivity contribution in [1.29, 1.82) is 0 Å². The third kappa shape index (κ3) is 9.36. The average Bonchev–Trinajstić information content (AvgIpc) is 3.56. The van der Waals surface area contributed by atoms with Crippen LogP contribution in [0, 0.1) is 11.3 Å². The number of aromatic nitrogens is 2. The van der Waals surface area contributed by atoms with Crippen LogP contribution in [0.1, 0.15) is 64.1 Å². The first-order valence-corrected chi connectivity index (χ1v) is 16.0. The number of methoxy groups -OCH3 is 1. The number of H-pyrrole nitrogens is 1. The van der Waals surface area contributed by atoms with E-state index in [1.165, 1.54) is 19.6 Å². The molecule has 3 rings (SSSR count). The molecule has 1 aliphatic rings. The molecule has 10 N–H and O–H groups in total. The highest BCUT2D eigenvalue weighted by atomic mass is 16.6. The fourth-order valence-electron chi connectivity index (χ4n) is 6.48. The first-order valence-electron chi connectivity index (χ1n) is 16.0. The number of hydrogen-bond donors (Lipinski definition) is 8. The summed E-state index contributed by atoms with van der Waals surface area (Å²) in [5.74, 6) is -1.78. The molecule has 7 atom stereocenters. The summed E-state index contributed by atoms with van der Waals surface area (Å²) in [5.41, 5.74) is 11.3. The zero-order chi connectivity index (χ0) is 34.9. The number of hydrogen-bond acceptors (Lipinski definition) is 12. The van der Waals surface area contributed by atoms with E-state index in [4.69, 9.17) is 20.9 Å². The predicted octanol–water partition coefficient (Wildman–Crippen LogP) is 0.531. The molecule has 1 aliphatic carbocycles. The van der Waals surface area contributed by atoms with Gasteiger partial charge in [0, 0.05) is 18.3 Å². The van der Waals surface area contributed by atoms with Gasteiger partial charge in [-0.2, -0.15) is 0 Å². The number of amides is 1. The van der Waals surface area contributed by atoms with Gasteiger partial charge < -0.3 is 51.7 Å². The topological polar surface area (TPSA) is 243 Å². The molecule has 0 aliphatic heterocycles. The summed E-state index contributed by atoms with van der Waals surface area (Å²) in [4.78, 5) is 50.2. The van der Waals surface area contributed by atoms with Gasteiger partial charge in [-0.05, 0) is 63.6 Å². The number of Topliss-reactive ketones (excluding diaryl/α,β-unsaturated/α-hetero) is 2. The maximum atomic E-state index is 15.3. The number of alkyl carbamates (subject to hydrolysis) is 1. The maximum Gasteiger partial charge on any atom is 0.408 e. The number of benzene rings is 1. The molecule has 0 radical (unpaired) electrons. The number of aliphatic hydroxyl groups is 4. The van der Waals surface area contributed by atoms with Gasteiger partial charge in [0.2, 0.25) is 0 Å². The van der Waals surface area contributed by atoms with Crippen molar-refractivity contribution >= 4 is 17.7 Å². The van der Waals surface area contributed by atoms with Crippen LogP contribution in [0.15, 0.2) is 36.8 Å². The molecule has 1 heterocycles. The molecule has 47 heavy (non-hydrogen) atoms. The van der Waals surface area contributed by atoms with E-state index in [9.17, 15) is 30.0 Å². The Labute approximate surface area is 275 Å². The Bertz CT molecular complexity index is 1290. The first kappa shape index (κ1) is 38.1.